The van der Waals surface area contributed by atoms with Gasteiger partial charge in [0.25, 0.3) is 0 Å². The van der Waals surface area contributed by atoms with Crippen molar-refractivity contribution in [2.24, 2.45) is 20.0 Å². The quantitative estimate of drug-likeness (QED) is 0.290. The second kappa shape index (κ2) is 9.71. The first-order valence-corrected chi connectivity index (χ1v) is 14.9. The first kappa shape index (κ1) is 27.0. The van der Waals surface area contributed by atoms with Crippen molar-refractivity contribution in [3.8, 4) is 0 Å². The third-order valence-corrected chi connectivity index (χ3v) is 8.82. The maximum atomic E-state index is 5.12. The van der Waals surface area contributed by atoms with E-state index in [0.29, 0.717) is 0 Å². The van der Waals surface area contributed by atoms with E-state index in [9.17, 15) is 0 Å². The molecule has 0 radical (unpaired) electrons. The smallest absolute Gasteiger partial charge is 0.0879 e. The Kier molecular flexibility index (Phi) is 6.54. The summed E-state index contributed by atoms with van der Waals surface area (Å²) in [7, 11) is 0. The molecule has 1 aromatic carbocycles. The predicted octanol–water partition coefficient (Wildman–Crippen LogP) is 9.15. The van der Waals surface area contributed by atoms with E-state index in [1.54, 1.807) is 0 Å². The summed E-state index contributed by atoms with van der Waals surface area (Å²) in [6, 6.07) is 6.97. The van der Waals surface area contributed by atoms with Gasteiger partial charge in [0.05, 0.1) is 54.6 Å². The fraction of sp³-hybridized carbons (Fsp3) is 0.235. The van der Waals surface area contributed by atoms with Gasteiger partial charge in [-0.2, -0.15) is 0 Å². The van der Waals surface area contributed by atoms with Gasteiger partial charge in [-0.1, -0.05) is 59.7 Å². The highest BCUT2D eigenvalue weighted by Gasteiger charge is 2.27. The van der Waals surface area contributed by atoms with E-state index in [4.69, 9.17) is 20.0 Å². The number of hydrogen-bond acceptors (Lipinski definition) is 4. The van der Waals surface area contributed by atoms with Crippen LogP contribution in [0.3, 0.4) is 0 Å². The van der Waals surface area contributed by atoms with E-state index in [1.165, 1.54) is 11.1 Å². The Morgan fingerprint density at radius 3 is 1.73 bits per heavy atom. The second-order valence-corrected chi connectivity index (χ2v) is 14.0. The highest BCUT2D eigenvalue weighted by atomic mass is 79.9. The predicted molar refractivity (Wildman–Crippen MR) is 177 cm³/mol. The minimum atomic E-state index is 0.00436. The summed E-state index contributed by atoms with van der Waals surface area (Å²) < 4.78 is 1.72. The Bertz CT molecular complexity index is 1710. The number of hydrogen-bond donors (Lipinski definition) is 0. The van der Waals surface area contributed by atoms with Gasteiger partial charge in [-0.3, -0.25) is 0 Å². The lowest BCUT2D eigenvalue weighted by Gasteiger charge is -2.26. The van der Waals surface area contributed by atoms with Crippen molar-refractivity contribution in [1.82, 2.24) is 0 Å². The normalized spacial score (nSPS) is 20.1. The monoisotopic (exact) mass is 652 g/mol. The van der Waals surface area contributed by atoms with Crippen molar-refractivity contribution in [3.05, 3.63) is 121 Å². The zero-order chi connectivity index (χ0) is 28.4. The minimum Gasteiger partial charge on any atom is -0.248 e. The fourth-order valence-electron chi connectivity index (χ4n) is 4.85. The minimum absolute atomic E-state index is 0.00436. The summed E-state index contributed by atoms with van der Waals surface area (Å²) in [5.41, 5.74) is 11.6. The molecule has 0 unspecified atom stereocenters. The number of nitrogens with zero attached hydrogens (tertiary/aromatic N) is 4. The molecule has 5 aliphatic heterocycles. The molecule has 6 heteroatoms. The number of aliphatic imine (C=N–C) groups is 4. The molecule has 0 aliphatic carbocycles. The molecule has 0 fully saturated rings. The zero-order valence-electron chi connectivity index (χ0n) is 23.5. The number of benzene rings is 1. The van der Waals surface area contributed by atoms with E-state index < -0.39 is 0 Å². The van der Waals surface area contributed by atoms with Crippen molar-refractivity contribution in [2.75, 3.05) is 0 Å². The van der Waals surface area contributed by atoms with Crippen LogP contribution >= 0.6 is 31.9 Å². The average Bonchev–Trinajstić information content (AvgIpc) is 3.69. The van der Waals surface area contributed by atoms with E-state index in [1.807, 2.05) is 48.6 Å². The topological polar surface area (TPSA) is 49.4 Å². The van der Waals surface area contributed by atoms with Crippen LogP contribution < -0.4 is 0 Å². The third kappa shape index (κ3) is 5.15. The van der Waals surface area contributed by atoms with Gasteiger partial charge in [0.2, 0.25) is 0 Å². The molecular formula is C34H30Br2N4. The highest BCUT2D eigenvalue weighted by molar-refractivity contribution is 9.12. The van der Waals surface area contributed by atoms with Crippen molar-refractivity contribution in [3.63, 3.8) is 0 Å². The lowest BCUT2D eigenvalue weighted by molar-refractivity contribution is 0.568. The number of halogens is 2. The van der Waals surface area contributed by atoms with Crippen LogP contribution in [0.1, 0.15) is 58.2 Å². The van der Waals surface area contributed by atoms with Gasteiger partial charge >= 0.3 is 0 Å². The molecule has 1 aromatic rings. The van der Waals surface area contributed by atoms with E-state index in [0.717, 1.165) is 65.7 Å². The van der Waals surface area contributed by atoms with Gasteiger partial charge in [0.1, 0.15) is 0 Å². The van der Waals surface area contributed by atoms with Gasteiger partial charge < -0.3 is 0 Å². The molecule has 5 aliphatic rings. The highest BCUT2D eigenvalue weighted by Crippen LogP contribution is 2.38. The molecule has 0 saturated carbocycles. The van der Waals surface area contributed by atoms with Crippen LogP contribution in [0.5, 0.6) is 0 Å². The largest absolute Gasteiger partial charge is 0.248 e. The molecule has 0 spiro atoms. The standard InChI is InChI=1S/C34H30Br2N4/c1-33(2,3)20-13-19(14-21(15-20)34(4,5)6)26-18-25-17-24-8-11-28(38-24)30(35)27-10-7-22(37-27)16-23-9-12-29(39-23)31(36)32(26)40-25/h7-18H,1-6H3. The van der Waals surface area contributed by atoms with Crippen molar-refractivity contribution in [1.29, 1.82) is 0 Å². The Morgan fingerprint density at radius 1 is 0.550 bits per heavy atom. The van der Waals surface area contributed by atoms with Gasteiger partial charge in [0.15, 0.2) is 0 Å². The van der Waals surface area contributed by atoms with Crippen LogP contribution in [0.4, 0.5) is 0 Å². The summed E-state index contributed by atoms with van der Waals surface area (Å²) in [6.45, 7) is 13.6. The van der Waals surface area contributed by atoms with Gasteiger partial charge in [0, 0.05) is 5.57 Å². The summed E-state index contributed by atoms with van der Waals surface area (Å²) >= 11 is 7.61. The van der Waals surface area contributed by atoms with E-state index >= 15 is 0 Å². The molecular weight excluding hydrogens is 624 g/mol. The van der Waals surface area contributed by atoms with E-state index in [2.05, 4.69) is 97.7 Å². The van der Waals surface area contributed by atoms with Gasteiger partial charge in [-0.25, -0.2) is 20.0 Å². The van der Waals surface area contributed by atoms with Gasteiger partial charge in [-0.15, -0.1) is 0 Å². The summed E-state index contributed by atoms with van der Waals surface area (Å²) in [4.78, 5) is 19.6. The summed E-state index contributed by atoms with van der Waals surface area (Å²) in [5.74, 6) is 0. The number of fused-ring (bicyclic) bond motifs is 4. The Hall–Kier alpha value is -3.22. The second-order valence-electron chi connectivity index (χ2n) is 12.4. The number of rotatable bonds is 1. The molecule has 4 nitrogen and oxygen atoms in total. The lowest BCUT2D eigenvalue weighted by atomic mass is 9.78. The Morgan fingerprint density at radius 2 is 1.12 bits per heavy atom. The first-order valence-electron chi connectivity index (χ1n) is 13.4. The maximum absolute atomic E-state index is 5.12. The van der Waals surface area contributed by atoms with Crippen LogP contribution in [-0.4, -0.2) is 22.8 Å². The Labute approximate surface area is 252 Å². The summed E-state index contributed by atoms with van der Waals surface area (Å²) in [6.07, 6.45) is 18.2. The third-order valence-electron chi connectivity index (χ3n) is 7.22. The fourth-order valence-corrected chi connectivity index (χ4v) is 5.81. The first-order chi connectivity index (χ1) is 18.8. The van der Waals surface area contributed by atoms with Crippen LogP contribution in [0.25, 0.3) is 5.57 Å². The molecule has 6 rings (SSSR count). The molecule has 0 saturated heterocycles. The molecule has 0 aromatic heterocycles. The SMILES string of the molecule is CC(C)(C)c1cc(C2=CC3=CC4=NC(=C(Br)C5=NC(=CC6=NC(=C(Br)C2=N3)C=C6)C=C5)C=C4)cc(C(C)(C)C)c1. The van der Waals surface area contributed by atoms with Crippen molar-refractivity contribution in [2.45, 2.75) is 52.4 Å². The molecule has 200 valence electrons. The van der Waals surface area contributed by atoms with Gasteiger partial charge in [-0.05, 0) is 114 Å². The molecule has 5 heterocycles. The average molecular weight is 654 g/mol. The lowest BCUT2D eigenvalue weighted by Crippen LogP contribution is -2.17. The van der Waals surface area contributed by atoms with Crippen LogP contribution in [0, 0.1) is 0 Å². The van der Waals surface area contributed by atoms with Crippen LogP contribution in [0.15, 0.2) is 125 Å². The molecule has 8 bridgehead atoms. The van der Waals surface area contributed by atoms with Crippen molar-refractivity contribution < 1.29 is 0 Å². The zero-order valence-corrected chi connectivity index (χ0v) is 26.6. The van der Waals surface area contributed by atoms with Crippen molar-refractivity contribution >= 4 is 60.3 Å². The summed E-state index contributed by atoms with van der Waals surface area (Å²) in [5, 5.41) is 0. The molecule has 0 atom stereocenters. The van der Waals surface area contributed by atoms with Crippen LogP contribution in [0.2, 0.25) is 0 Å². The molecule has 0 N–H and O–H groups in total. The van der Waals surface area contributed by atoms with E-state index in [-0.39, 0.29) is 10.8 Å². The Balaban J connectivity index is 1.57. The molecule has 0 amide bonds. The molecule has 40 heavy (non-hydrogen) atoms. The van der Waals surface area contributed by atoms with Crippen LogP contribution in [-0.2, 0) is 10.8 Å². The number of allylic oxidation sites excluding steroid dienone is 12. The maximum Gasteiger partial charge on any atom is 0.0879 e.